The van der Waals surface area contributed by atoms with Crippen molar-refractivity contribution in [2.24, 2.45) is 17.8 Å². The number of benzene rings is 1. The molecule has 0 N–H and O–H groups in total. The molecule has 0 aliphatic heterocycles. The first-order valence-corrected chi connectivity index (χ1v) is 13.1. The summed E-state index contributed by atoms with van der Waals surface area (Å²) in [5.41, 5.74) is 2.69. The van der Waals surface area contributed by atoms with Gasteiger partial charge in [-0.25, -0.2) is 0 Å². The van der Waals surface area contributed by atoms with Crippen molar-refractivity contribution in [2.75, 3.05) is 0 Å². The van der Waals surface area contributed by atoms with Gasteiger partial charge < -0.3 is 0 Å². The van der Waals surface area contributed by atoms with Crippen LogP contribution >= 0.6 is 0 Å². The summed E-state index contributed by atoms with van der Waals surface area (Å²) >= 11 is 0. The van der Waals surface area contributed by atoms with Crippen molar-refractivity contribution >= 4 is 0 Å². The lowest BCUT2D eigenvalue weighted by molar-refractivity contribution is 0.291. The lowest BCUT2D eigenvalue weighted by Gasteiger charge is -2.28. The maximum absolute atomic E-state index is 3.34. The lowest BCUT2D eigenvalue weighted by Crippen LogP contribution is -2.13. The number of rotatable bonds is 8. The quantitative estimate of drug-likeness (QED) is 0.379. The lowest BCUT2D eigenvalue weighted by atomic mass is 9.77. The van der Waals surface area contributed by atoms with Crippen molar-refractivity contribution in [2.45, 2.75) is 110 Å². The van der Waals surface area contributed by atoms with Crippen molar-refractivity contribution in [1.29, 1.82) is 0 Å². The van der Waals surface area contributed by atoms with Crippen LogP contribution in [0.1, 0.15) is 121 Å². The first kappa shape index (κ1) is 23.2. The molecule has 0 heterocycles. The molecule has 0 aromatic heterocycles. The third-order valence-electron chi connectivity index (χ3n) is 7.72. The molecule has 0 spiro atoms. The Morgan fingerprint density at radius 2 is 1.33 bits per heavy atom. The summed E-state index contributed by atoms with van der Waals surface area (Å²) in [4.78, 5) is 0. The summed E-state index contributed by atoms with van der Waals surface area (Å²) in [6.07, 6.45) is 24.1. The zero-order valence-corrected chi connectivity index (χ0v) is 19.7. The molecule has 0 heteroatoms. The summed E-state index contributed by atoms with van der Waals surface area (Å²) < 4.78 is 0. The first-order chi connectivity index (χ1) is 14.8. The van der Waals surface area contributed by atoms with Crippen LogP contribution in [0.3, 0.4) is 0 Å². The molecule has 2 fully saturated rings. The zero-order valence-electron chi connectivity index (χ0n) is 19.7. The minimum atomic E-state index is 0.756. The van der Waals surface area contributed by atoms with E-state index < -0.39 is 0 Å². The monoisotopic (exact) mass is 404 g/mol. The van der Waals surface area contributed by atoms with Crippen LogP contribution in [0.25, 0.3) is 0 Å². The van der Waals surface area contributed by atoms with Gasteiger partial charge in [0, 0.05) is 5.56 Å². The fraction of sp³-hybridized carbons (Fsp3) is 0.667. The molecule has 0 saturated heterocycles. The average Bonchev–Trinajstić information content (AvgIpc) is 2.81. The molecular weight excluding hydrogens is 360 g/mol. The van der Waals surface area contributed by atoms with Gasteiger partial charge in [0.15, 0.2) is 0 Å². The molecular formula is C30H44. The highest BCUT2D eigenvalue weighted by Gasteiger charge is 2.22. The van der Waals surface area contributed by atoms with Gasteiger partial charge in [-0.2, -0.15) is 0 Å². The van der Waals surface area contributed by atoms with Crippen molar-refractivity contribution in [3.05, 3.63) is 47.5 Å². The van der Waals surface area contributed by atoms with E-state index in [1.807, 2.05) is 0 Å². The highest BCUT2D eigenvalue weighted by Crippen LogP contribution is 2.37. The van der Waals surface area contributed by atoms with Crippen molar-refractivity contribution < 1.29 is 0 Å². The third kappa shape index (κ3) is 7.65. The Morgan fingerprint density at radius 3 is 1.90 bits per heavy atom. The second-order valence-corrected chi connectivity index (χ2v) is 10.0. The van der Waals surface area contributed by atoms with Gasteiger partial charge in [0.05, 0.1) is 0 Å². The SMILES string of the molecule is CCCC[C@H]1CC[C@H](/C=C/C#Cc2ccc([C@H]3CC[C@H](CCCC)CC3)cc2)CC1. The minimum Gasteiger partial charge on any atom is -0.0730 e. The number of hydrogen-bond acceptors (Lipinski definition) is 0. The maximum atomic E-state index is 3.34. The maximum Gasteiger partial charge on any atom is 0.0249 e. The van der Waals surface area contributed by atoms with Gasteiger partial charge >= 0.3 is 0 Å². The Bertz CT molecular complexity index is 667. The summed E-state index contributed by atoms with van der Waals surface area (Å²) in [6, 6.07) is 9.14. The van der Waals surface area contributed by atoms with Crippen LogP contribution in [0.5, 0.6) is 0 Å². The molecule has 1 aromatic carbocycles. The molecule has 3 rings (SSSR count). The van der Waals surface area contributed by atoms with Gasteiger partial charge in [-0.15, -0.1) is 0 Å². The fourth-order valence-electron chi connectivity index (χ4n) is 5.59. The van der Waals surface area contributed by atoms with E-state index in [4.69, 9.17) is 0 Å². The molecule has 164 valence electrons. The Balaban J connectivity index is 1.40. The van der Waals surface area contributed by atoms with E-state index in [1.54, 1.807) is 0 Å². The molecule has 0 atom stereocenters. The van der Waals surface area contributed by atoms with Crippen LogP contribution in [-0.2, 0) is 0 Å². The molecule has 0 nitrogen and oxygen atoms in total. The largest absolute Gasteiger partial charge is 0.0730 e. The van der Waals surface area contributed by atoms with Gasteiger partial charge in [-0.05, 0) is 98.8 Å². The molecule has 2 aliphatic rings. The fourth-order valence-corrected chi connectivity index (χ4v) is 5.59. The molecule has 1 aromatic rings. The topological polar surface area (TPSA) is 0 Å². The summed E-state index contributed by atoms with van der Waals surface area (Å²) in [5.74, 6) is 10.1. The highest BCUT2D eigenvalue weighted by atomic mass is 14.3. The van der Waals surface area contributed by atoms with E-state index in [0.717, 1.165) is 29.2 Å². The second kappa shape index (κ2) is 13.0. The predicted molar refractivity (Wildman–Crippen MR) is 132 cm³/mol. The average molecular weight is 405 g/mol. The molecule has 0 bridgehead atoms. The van der Waals surface area contributed by atoms with Crippen LogP contribution in [0.2, 0.25) is 0 Å². The normalized spacial score (nSPS) is 27.0. The van der Waals surface area contributed by atoms with E-state index in [1.165, 1.54) is 95.5 Å². The highest BCUT2D eigenvalue weighted by molar-refractivity contribution is 5.39. The number of hydrogen-bond donors (Lipinski definition) is 0. The molecule has 0 radical (unpaired) electrons. The van der Waals surface area contributed by atoms with Crippen molar-refractivity contribution in [1.82, 2.24) is 0 Å². The van der Waals surface area contributed by atoms with Crippen molar-refractivity contribution in [3.63, 3.8) is 0 Å². The van der Waals surface area contributed by atoms with Gasteiger partial charge in [0.1, 0.15) is 0 Å². The van der Waals surface area contributed by atoms with Gasteiger partial charge in [0.25, 0.3) is 0 Å². The van der Waals surface area contributed by atoms with E-state index in [0.29, 0.717) is 0 Å². The molecule has 30 heavy (non-hydrogen) atoms. The van der Waals surface area contributed by atoms with Gasteiger partial charge in [0.2, 0.25) is 0 Å². The molecule has 2 aliphatic carbocycles. The van der Waals surface area contributed by atoms with Crippen LogP contribution in [-0.4, -0.2) is 0 Å². The molecule has 0 amide bonds. The van der Waals surface area contributed by atoms with E-state index in [-0.39, 0.29) is 0 Å². The summed E-state index contributed by atoms with van der Waals surface area (Å²) in [7, 11) is 0. The van der Waals surface area contributed by atoms with Crippen molar-refractivity contribution in [3.8, 4) is 11.8 Å². The third-order valence-corrected chi connectivity index (χ3v) is 7.72. The van der Waals surface area contributed by atoms with Crippen LogP contribution < -0.4 is 0 Å². The van der Waals surface area contributed by atoms with Crippen LogP contribution in [0.15, 0.2) is 36.4 Å². The van der Waals surface area contributed by atoms with E-state index in [2.05, 4.69) is 62.1 Å². The van der Waals surface area contributed by atoms with Gasteiger partial charge in [-0.1, -0.05) is 82.4 Å². The Hall–Kier alpha value is -1.48. The van der Waals surface area contributed by atoms with Crippen LogP contribution in [0.4, 0.5) is 0 Å². The first-order valence-electron chi connectivity index (χ1n) is 13.1. The second-order valence-electron chi connectivity index (χ2n) is 10.0. The summed E-state index contributed by atoms with van der Waals surface area (Å²) in [5, 5.41) is 0. The molecule has 2 saturated carbocycles. The zero-order chi connectivity index (χ0) is 21.0. The predicted octanol–water partition coefficient (Wildman–Crippen LogP) is 9.05. The smallest absolute Gasteiger partial charge is 0.0249 e. The van der Waals surface area contributed by atoms with Gasteiger partial charge in [-0.3, -0.25) is 0 Å². The Morgan fingerprint density at radius 1 is 0.767 bits per heavy atom. The molecule has 0 unspecified atom stereocenters. The standard InChI is InChI=1S/C30H44/c1-3-5-9-25-13-15-27(16-14-25)11-7-8-12-28-19-23-30(24-20-28)29-21-17-26(18-22-29)10-6-4-2/h7,11,19-20,23-27,29H,3-6,9-10,13-18,21-22H2,1-2H3/b11-7+/t25-,26-,27-,29-. The summed E-state index contributed by atoms with van der Waals surface area (Å²) in [6.45, 7) is 4.62. The minimum absolute atomic E-state index is 0.756. The van der Waals surface area contributed by atoms with Crippen LogP contribution in [0, 0.1) is 29.6 Å². The Kier molecular flexibility index (Phi) is 10.1. The number of allylic oxidation sites excluding steroid dienone is 2. The Labute approximate surface area is 186 Å². The van der Waals surface area contributed by atoms with E-state index >= 15 is 0 Å². The number of unbranched alkanes of at least 4 members (excludes halogenated alkanes) is 2. The van der Waals surface area contributed by atoms with E-state index in [9.17, 15) is 0 Å².